The molecule has 4 aliphatic rings. The van der Waals surface area contributed by atoms with Crippen molar-refractivity contribution in [2.45, 2.75) is 79.7 Å². The summed E-state index contributed by atoms with van der Waals surface area (Å²) in [5.41, 5.74) is 3.31. The van der Waals surface area contributed by atoms with Crippen molar-refractivity contribution in [2.24, 2.45) is 17.8 Å². The lowest BCUT2D eigenvalue weighted by Gasteiger charge is -2.48. The van der Waals surface area contributed by atoms with Crippen LogP contribution in [0.4, 0.5) is 5.69 Å². The Hall–Kier alpha value is -3.21. The van der Waals surface area contributed by atoms with Gasteiger partial charge in [-0.3, -0.25) is 0 Å². The molecule has 1 aliphatic heterocycles. The smallest absolute Gasteiger partial charge is 0.335 e. The molecule has 250 valence electrons. The predicted octanol–water partition coefficient (Wildman–Crippen LogP) is 6.38. The highest BCUT2D eigenvalue weighted by molar-refractivity contribution is 7.91. The summed E-state index contributed by atoms with van der Waals surface area (Å²) in [6.45, 7) is 1.95. The second-order valence-electron chi connectivity index (χ2n) is 13.9. The summed E-state index contributed by atoms with van der Waals surface area (Å²) in [4.78, 5) is 22.6. The number of nitrogens with zero attached hydrogens (tertiary/aromatic N) is 3. The number of carbonyl (C=O) groups is 1. The zero-order valence-corrected chi connectivity index (χ0v) is 28.3. The van der Waals surface area contributed by atoms with Crippen molar-refractivity contribution >= 4 is 33.1 Å². The fourth-order valence-corrected chi connectivity index (χ4v) is 10.7. The van der Waals surface area contributed by atoms with Crippen LogP contribution in [0.2, 0.25) is 5.02 Å². The third-order valence-electron chi connectivity index (χ3n) is 11.3. The standard InChI is InChI=1S/C36H42ClN3O6S/c1-45-33(24-5-2-7-28(18-24)47(43,44)35-38-15-4-16-39-35)29-11-8-26(29)20-40-21-36(14-3-6-23-17-27(37)10-12-30(23)36)22-46-32-13-9-25(34(41)42)19-31(32)40/h4,9-10,12-13,15-17,19,24,26,28-29,33H,2-3,5-8,11,14,18,20-22H2,1H3,(H,41,42)/t24-,26-,28-,29+,33-,36?/m0/s1. The van der Waals surface area contributed by atoms with Crippen LogP contribution < -0.4 is 9.64 Å². The average Bonchev–Trinajstić information content (AvgIpc) is 3.22. The van der Waals surface area contributed by atoms with Gasteiger partial charge in [0.05, 0.1) is 29.2 Å². The van der Waals surface area contributed by atoms with Crippen molar-refractivity contribution in [1.82, 2.24) is 9.97 Å². The quantitative estimate of drug-likeness (QED) is 0.271. The van der Waals surface area contributed by atoms with Crippen LogP contribution in [0.3, 0.4) is 0 Å². The molecule has 1 spiro atoms. The highest BCUT2D eigenvalue weighted by atomic mass is 35.5. The van der Waals surface area contributed by atoms with Gasteiger partial charge in [-0.05, 0) is 117 Å². The van der Waals surface area contributed by atoms with Gasteiger partial charge in [-0.2, -0.15) is 0 Å². The first-order valence-electron chi connectivity index (χ1n) is 16.8. The van der Waals surface area contributed by atoms with E-state index in [2.05, 4.69) is 27.0 Å². The van der Waals surface area contributed by atoms with E-state index in [0.29, 0.717) is 37.7 Å². The summed E-state index contributed by atoms with van der Waals surface area (Å²) in [7, 11) is -1.88. The average molecular weight is 680 g/mol. The van der Waals surface area contributed by atoms with Crippen LogP contribution in [0.1, 0.15) is 72.9 Å². The number of hydrogen-bond donors (Lipinski definition) is 1. The zero-order chi connectivity index (χ0) is 32.8. The van der Waals surface area contributed by atoms with E-state index < -0.39 is 21.1 Å². The highest BCUT2D eigenvalue weighted by Gasteiger charge is 2.47. The van der Waals surface area contributed by atoms with Crippen molar-refractivity contribution in [3.63, 3.8) is 0 Å². The molecule has 2 fully saturated rings. The van der Waals surface area contributed by atoms with Gasteiger partial charge < -0.3 is 19.5 Å². The number of carboxylic acid groups (broad SMARTS) is 1. The van der Waals surface area contributed by atoms with Crippen LogP contribution in [0.15, 0.2) is 60.0 Å². The first-order valence-corrected chi connectivity index (χ1v) is 18.7. The number of carboxylic acids is 1. The third-order valence-corrected chi connectivity index (χ3v) is 13.5. The number of aryl methyl sites for hydroxylation is 1. The number of aromatic nitrogens is 2. The molecule has 2 saturated carbocycles. The number of ether oxygens (including phenoxy) is 2. The van der Waals surface area contributed by atoms with Crippen molar-refractivity contribution in [3.8, 4) is 5.75 Å². The number of sulfone groups is 1. The minimum Gasteiger partial charge on any atom is -0.490 e. The maximum atomic E-state index is 13.5. The molecule has 1 aromatic heterocycles. The maximum absolute atomic E-state index is 13.5. The number of anilines is 1. The molecule has 0 saturated heterocycles. The van der Waals surface area contributed by atoms with Gasteiger partial charge in [-0.25, -0.2) is 23.2 Å². The Bertz CT molecular complexity index is 1740. The van der Waals surface area contributed by atoms with Crippen LogP contribution in [0.5, 0.6) is 5.75 Å². The molecule has 7 rings (SSSR count). The molecule has 6 atom stereocenters. The topological polar surface area (TPSA) is 119 Å². The normalized spacial score (nSPS) is 27.9. The molecular weight excluding hydrogens is 638 g/mol. The van der Waals surface area contributed by atoms with Gasteiger partial charge in [0.2, 0.25) is 15.0 Å². The van der Waals surface area contributed by atoms with Crippen LogP contribution in [0, 0.1) is 17.8 Å². The number of halogens is 1. The number of benzene rings is 2. The van der Waals surface area contributed by atoms with E-state index >= 15 is 0 Å². The van der Waals surface area contributed by atoms with Crippen LogP contribution >= 0.6 is 11.6 Å². The van der Waals surface area contributed by atoms with E-state index in [9.17, 15) is 18.3 Å². The van der Waals surface area contributed by atoms with Gasteiger partial charge in [-0.1, -0.05) is 24.1 Å². The van der Waals surface area contributed by atoms with Gasteiger partial charge in [0, 0.05) is 43.0 Å². The molecule has 0 bridgehead atoms. The van der Waals surface area contributed by atoms with E-state index in [0.717, 1.165) is 62.2 Å². The lowest BCUT2D eigenvalue weighted by molar-refractivity contribution is -0.0589. The number of fused-ring (bicyclic) bond motifs is 3. The molecule has 1 unspecified atom stereocenters. The van der Waals surface area contributed by atoms with Crippen molar-refractivity contribution in [3.05, 3.63) is 76.6 Å². The minimum atomic E-state index is -3.64. The van der Waals surface area contributed by atoms with Crippen molar-refractivity contribution < 1.29 is 27.8 Å². The Morgan fingerprint density at radius 2 is 1.96 bits per heavy atom. The predicted molar refractivity (Wildman–Crippen MR) is 179 cm³/mol. The summed E-state index contributed by atoms with van der Waals surface area (Å²) < 4.78 is 39.7. The molecular formula is C36H42ClN3O6S. The van der Waals surface area contributed by atoms with Gasteiger partial charge in [0.25, 0.3) is 0 Å². The molecule has 3 aromatic rings. The second-order valence-corrected chi connectivity index (χ2v) is 16.5. The second kappa shape index (κ2) is 13.0. The first kappa shape index (κ1) is 32.3. The Morgan fingerprint density at radius 3 is 2.70 bits per heavy atom. The number of aromatic carboxylic acids is 1. The monoisotopic (exact) mass is 679 g/mol. The zero-order valence-electron chi connectivity index (χ0n) is 26.7. The molecule has 1 N–H and O–H groups in total. The van der Waals surface area contributed by atoms with E-state index in [1.54, 1.807) is 31.4 Å². The number of hydrogen-bond acceptors (Lipinski definition) is 8. The van der Waals surface area contributed by atoms with E-state index in [1.807, 2.05) is 6.07 Å². The summed E-state index contributed by atoms with van der Waals surface area (Å²) in [6.07, 6.45) is 10.8. The van der Waals surface area contributed by atoms with Crippen LogP contribution in [-0.4, -0.2) is 67.6 Å². The van der Waals surface area contributed by atoms with E-state index in [1.165, 1.54) is 23.5 Å². The van der Waals surface area contributed by atoms with Gasteiger partial charge in [0.15, 0.2) is 0 Å². The molecule has 3 aliphatic carbocycles. The number of rotatable bonds is 8. The Balaban J connectivity index is 1.16. The summed E-state index contributed by atoms with van der Waals surface area (Å²) in [5.74, 6) is 0.426. The molecule has 0 amide bonds. The fraction of sp³-hybridized carbons (Fsp3) is 0.528. The fourth-order valence-electron chi connectivity index (χ4n) is 8.84. The largest absolute Gasteiger partial charge is 0.490 e. The summed E-state index contributed by atoms with van der Waals surface area (Å²) >= 11 is 6.42. The Kier molecular flexibility index (Phi) is 8.95. The van der Waals surface area contributed by atoms with Gasteiger partial charge in [0.1, 0.15) is 5.75 Å². The molecule has 47 heavy (non-hydrogen) atoms. The van der Waals surface area contributed by atoms with Crippen LogP contribution in [0.25, 0.3) is 0 Å². The van der Waals surface area contributed by atoms with Gasteiger partial charge in [-0.15, -0.1) is 0 Å². The van der Waals surface area contributed by atoms with Gasteiger partial charge >= 0.3 is 5.97 Å². The highest BCUT2D eigenvalue weighted by Crippen LogP contribution is 2.48. The molecule has 0 radical (unpaired) electrons. The lowest BCUT2D eigenvalue weighted by atomic mass is 9.65. The molecule has 9 nitrogen and oxygen atoms in total. The minimum absolute atomic E-state index is 0.0667. The maximum Gasteiger partial charge on any atom is 0.335 e. The lowest BCUT2D eigenvalue weighted by Crippen LogP contribution is -2.51. The molecule has 2 heterocycles. The first-order chi connectivity index (χ1) is 22.7. The van der Waals surface area contributed by atoms with Crippen LogP contribution in [-0.2, 0) is 26.4 Å². The number of methoxy groups -OCH3 is 1. The van der Waals surface area contributed by atoms with Crippen molar-refractivity contribution in [2.75, 3.05) is 31.7 Å². The summed E-state index contributed by atoms with van der Waals surface area (Å²) in [6, 6.07) is 13.0. The third kappa shape index (κ3) is 6.13. The molecule has 2 aromatic carbocycles. The Labute approximate surface area is 281 Å². The Morgan fingerprint density at radius 1 is 1.13 bits per heavy atom. The van der Waals surface area contributed by atoms with E-state index in [4.69, 9.17) is 21.1 Å². The van der Waals surface area contributed by atoms with E-state index in [-0.39, 0.29) is 34.1 Å². The van der Waals surface area contributed by atoms with Crippen molar-refractivity contribution in [1.29, 1.82) is 0 Å². The SMILES string of the molecule is CO[C@@H]([C@H]1CCC[C@H](S(=O)(=O)c2ncccn2)C1)[C@@H]1CC[C@H]1CN1CC2(CCCc3cc(Cl)ccc32)COc2ccc(C(=O)O)cc21. The summed E-state index contributed by atoms with van der Waals surface area (Å²) in [5, 5.41) is 10.0. The molecule has 11 heteroatoms.